The summed E-state index contributed by atoms with van der Waals surface area (Å²) in [5.41, 5.74) is 3.94. The lowest BCUT2D eigenvalue weighted by Gasteiger charge is -2.35. The summed E-state index contributed by atoms with van der Waals surface area (Å²) >= 11 is 0. The molecule has 1 nitrogen and oxygen atoms in total. The van der Waals surface area contributed by atoms with E-state index >= 15 is 0 Å². The molecule has 3 aromatic carbocycles. The highest BCUT2D eigenvalue weighted by Gasteiger charge is 2.44. The molecule has 0 heterocycles. The molecule has 0 saturated heterocycles. The van der Waals surface area contributed by atoms with E-state index in [1.807, 2.05) is 0 Å². The summed E-state index contributed by atoms with van der Waals surface area (Å²) in [5, 5.41) is 14.5. The van der Waals surface area contributed by atoms with Gasteiger partial charge in [0.15, 0.2) is 0 Å². The van der Waals surface area contributed by atoms with Gasteiger partial charge >= 0.3 is 0 Å². The Morgan fingerprint density at radius 2 is 1.31 bits per heavy atom. The van der Waals surface area contributed by atoms with Gasteiger partial charge in [-0.15, -0.1) is 0 Å². The molecule has 1 aliphatic rings. The molecule has 0 bridgehead atoms. The van der Waals surface area contributed by atoms with E-state index in [0.29, 0.717) is 0 Å². The molecule has 0 unspecified atom stereocenters. The molecule has 2 heteroatoms. The molecule has 1 N–H and O–H groups in total. The van der Waals surface area contributed by atoms with E-state index in [1.54, 1.807) is 0 Å². The van der Waals surface area contributed by atoms with Gasteiger partial charge < -0.3 is 5.11 Å². The van der Waals surface area contributed by atoms with E-state index in [2.05, 4.69) is 137 Å². The molecule has 1 atom stereocenters. The van der Waals surface area contributed by atoms with Gasteiger partial charge in [0.1, 0.15) is 23.2 Å². The zero-order valence-electron chi connectivity index (χ0n) is 21.5. The van der Waals surface area contributed by atoms with Gasteiger partial charge in [-0.05, 0) is 80.2 Å². The van der Waals surface area contributed by atoms with Crippen LogP contribution in [0, 0.1) is 5.41 Å². The Kier molecular flexibility index (Phi) is 7.90. The van der Waals surface area contributed by atoms with Crippen molar-refractivity contribution in [3.05, 3.63) is 126 Å². The highest BCUT2D eigenvalue weighted by Crippen LogP contribution is 2.55. The van der Waals surface area contributed by atoms with Crippen LogP contribution in [0.5, 0.6) is 0 Å². The first-order valence-corrected chi connectivity index (χ1v) is 14.6. The molecule has 0 aromatic heterocycles. The van der Waals surface area contributed by atoms with Crippen LogP contribution in [0.2, 0.25) is 0 Å². The standard InChI is InChI=1S/C33H38OP/c1-26(20-21-32-27(2)24-28(34)25-33(32,3)4)22-23-35(29-14-8-5-9-15-29,30-16-10-6-11-17-30)31-18-12-7-13-19-31/h5-22,28,34H,23-25H2,1-4H3/q+1/b21-20+,26-22+/t28-/m1/s1. The molecule has 35 heavy (non-hydrogen) atoms. The highest BCUT2D eigenvalue weighted by molar-refractivity contribution is 7.95. The molecule has 180 valence electrons. The van der Waals surface area contributed by atoms with Crippen LogP contribution in [0.1, 0.15) is 40.5 Å². The van der Waals surface area contributed by atoms with Gasteiger partial charge in [0, 0.05) is 0 Å². The smallest absolute Gasteiger partial charge is 0.115 e. The Morgan fingerprint density at radius 3 is 1.74 bits per heavy atom. The first-order valence-electron chi connectivity index (χ1n) is 12.6. The van der Waals surface area contributed by atoms with Crippen molar-refractivity contribution in [2.75, 3.05) is 6.16 Å². The van der Waals surface area contributed by atoms with Crippen molar-refractivity contribution in [3.8, 4) is 0 Å². The number of allylic oxidation sites excluding steroid dienone is 5. The van der Waals surface area contributed by atoms with Crippen molar-refractivity contribution in [1.29, 1.82) is 0 Å². The molecule has 0 saturated carbocycles. The predicted molar refractivity (Wildman–Crippen MR) is 155 cm³/mol. The normalized spacial score (nSPS) is 18.8. The second-order valence-electron chi connectivity index (χ2n) is 10.4. The third kappa shape index (κ3) is 5.58. The van der Waals surface area contributed by atoms with Crippen molar-refractivity contribution >= 4 is 23.2 Å². The van der Waals surface area contributed by atoms with Crippen LogP contribution >= 0.6 is 7.26 Å². The van der Waals surface area contributed by atoms with Crippen molar-refractivity contribution in [3.63, 3.8) is 0 Å². The largest absolute Gasteiger partial charge is 0.393 e. The molecule has 3 aromatic rings. The minimum atomic E-state index is -1.86. The predicted octanol–water partition coefficient (Wildman–Crippen LogP) is 6.98. The lowest BCUT2D eigenvalue weighted by atomic mass is 9.71. The SMILES string of the molecule is CC1=C(/C=C/C(C)=C/C[P+](c2ccccc2)(c2ccccc2)c2ccccc2)C(C)(C)C[C@H](O)C1. The summed E-state index contributed by atoms with van der Waals surface area (Å²) in [6.45, 7) is 8.87. The minimum absolute atomic E-state index is 0.00654. The Labute approximate surface area is 212 Å². The summed E-state index contributed by atoms with van der Waals surface area (Å²) in [6.07, 6.45) is 9.33. The summed E-state index contributed by atoms with van der Waals surface area (Å²) in [4.78, 5) is 0. The molecule has 0 radical (unpaired) electrons. The highest BCUT2D eigenvalue weighted by atomic mass is 31.2. The van der Waals surface area contributed by atoms with Crippen LogP contribution in [-0.4, -0.2) is 17.4 Å². The Hall–Kier alpha value is -2.73. The molecule has 1 aliphatic carbocycles. The number of aliphatic hydroxyl groups excluding tert-OH is 1. The van der Waals surface area contributed by atoms with E-state index in [4.69, 9.17) is 0 Å². The van der Waals surface area contributed by atoms with Gasteiger partial charge in [-0.3, -0.25) is 0 Å². The number of benzene rings is 3. The average Bonchev–Trinajstić information content (AvgIpc) is 2.85. The van der Waals surface area contributed by atoms with Crippen LogP contribution in [0.25, 0.3) is 0 Å². The van der Waals surface area contributed by atoms with Gasteiger partial charge in [-0.25, -0.2) is 0 Å². The topological polar surface area (TPSA) is 20.2 Å². The quantitative estimate of drug-likeness (QED) is 0.285. The molecule has 4 rings (SSSR count). The van der Waals surface area contributed by atoms with Crippen LogP contribution in [0.3, 0.4) is 0 Å². The van der Waals surface area contributed by atoms with Crippen LogP contribution in [0.15, 0.2) is 126 Å². The zero-order chi connectivity index (χ0) is 24.9. The third-order valence-corrected chi connectivity index (χ3v) is 11.5. The fourth-order valence-corrected chi connectivity index (χ4v) is 9.69. The maximum atomic E-state index is 10.2. The lowest BCUT2D eigenvalue weighted by Crippen LogP contribution is -2.33. The molecule has 0 spiro atoms. The number of hydrogen-bond acceptors (Lipinski definition) is 1. The molecular formula is C33H38OP+. The molecular weight excluding hydrogens is 443 g/mol. The van der Waals surface area contributed by atoms with Gasteiger partial charge in [-0.1, -0.05) is 91.7 Å². The van der Waals surface area contributed by atoms with Crippen LogP contribution in [0.4, 0.5) is 0 Å². The van der Waals surface area contributed by atoms with Crippen LogP contribution in [-0.2, 0) is 0 Å². The van der Waals surface area contributed by atoms with E-state index in [-0.39, 0.29) is 11.5 Å². The Balaban J connectivity index is 1.76. The van der Waals surface area contributed by atoms with Gasteiger partial charge in [-0.2, -0.15) is 0 Å². The fraction of sp³-hybridized carbons (Fsp3) is 0.273. The summed E-state index contributed by atoms with van der Waals surface area (Å²) in [7, 11) is -1.86. The number of hydrogen-bond donors (Lipinski definition) is 1. The second-order valence-corrected chi connectivity index (χ2v) is 14.0. The Morgan fingerprint density at radius 1 is 0.857 bits per heavy atom. The van der Waals surface area contributed by atoms with Crippen molar-refractivity contribution in [2.45, 2.75) is 46.6 Å². The van der Waals surface area contributed by atoms with Gasteiger partial charge in [0.05, 0.1) is 12.3 Å². The van der Waals surface area contributed by atoms with Crippen molar-refractivity contribution in [2.24, 2.45) is 5.41 Å². The van der Waals surface area contributed by atoms with E-state index in [1.165, 1.54) is 32.6 Å². The van der Waals surface area contributed by atoms with Crippen molar-refractivity contribution in [1.82, 2.24) is 0 Å². The van der Waals surface area contributed by atoms with E-state index < -0.39 is 7.26 Å². The maximum absolute atomic E-state index is 10.2. The second kappa shape index (κ2) is 10.9. The number of aliphatic hydroxyl groups is 1. The third-order valence-electron chi connectivity index (χ3n) is 7.27. The van der Waals surface area contributed by atoms with Crippen molar-refractivity contribution < 1.29 is 5.11 Å². The minimum Gasteiger partial charge on any atom is -0.393 e. The monoisotopic (exact) mass is 481 g/mol. The summed E-state index contributed by atoms with van der Waals surface area (Å²) < 4.78 is 0. The summed E-state index contributed by atoms with van der Waals surface area (Å²) in [5.74, 6) is 0. The number of rotatable bonds is 7. The maximum Gasteiger partial charge on any atom is 0.115 e. The first kappa shape index (κ1) is 25.4. The average molecular weight is 482 g/mol. The van der Waals surface area contributed by atoms with Gasteiger partial charge in [0.25, 0.3) is 0 Å². The summed E-state index contributed by atoms with van der Waals surface area (Å²) in [6, 6.07) is 33.1. The first-order chi connectivity index (χ1) is 16.8. The van der Waals surface area contributed by atoms with E-state index in [9.17, 15) is 5.11 Å². The lowest BCUT2D eigenvalue weighted by molar-refractivity contribution is 0.116. The molecule has 0 amide bonds. The molecule has 0 fully saturated rings. The fourth-order valence-electron chi connectivity index (χ4n) is 5.55. The Bertz CT molecular complexity index is 1110. The van der Waals surface area contributed by atoms with Gasteiger partial charge in [0.2, 0.25) is 0 Å². The van der Waals surface area contributed by atoms with Crippen LogP contribution < -0.4 is 15.9 Å². The van der Waals surface area contributed by atoms with E-state index in [0.717, 1.165) is 19.0 Å². The molecule has 0 aliphatic heterocycles. The zero-order valence-corrected chi connectivity index (χ0v) is 22.4.